The van der Waals surface area contributed by atoms with E-state index in [1.165, 1.54) is 0 Å². The van der Waals surface area contributed by atoms with Crippen LogP contribution in [-0.2, 0) is 6.42 Å². The van der Waals surface area contributed by atoms with Crippen molar-refractivity contribution in [3.05, 3.63) is 29.1 Å². The number of halogens is 1. The molecule has 2 heteroatoms. The van der Waals surface area contributed by atoms with Crippen molar-refractivity contribution in [1.82, 2.24) is 0 Å². The molecule has 0 unspecified atom stereocenters. The van der Waals surface area contributed by atoms with Gasteiger partial charge in [-0.15, -0.1) is 0 Å². The third-order valence-electron chi connectivity index (χ3n) is 1.97. The summed E-state index contributed by atoms with van der Waals surface area (Å²) in [5.41, 5.74) is 1.34. The molecule has 12 heavy (non-hydrogen) atoms. The molecule has 1 aromatic rings. The van der Waals surface area contributed by atoms with Crippen molar-refractivity contribution < 1.29 is 9.13 Å². The van der Waals surface area contributed by atoms with Gasteiger partial charge in [0.1, 0.15) is 11.6 Å². The van der Waals surface area contributed by atoms with Crippen LogP contribution in [0.4, 0.5) is 4.39 Å². The Morgan fingerprint density at radius 1 is 1.42 bits per heavy atom. The normalized spacial score (nSPS) is 10.0. The largest absolute Gasteiger partial charge is 0.496 e. The van der Waals surface area contributed by atoms with Gasteiger partial charge in [-0.3, -0.25) is 0 Å². The summed E-state index contributed by atoms with van der Waals surface area (Å²) in [6.07, 6.45) is 0.663. The molecule has 0 fully saturated rings. The molecule has 1 rings (SSSR count). The van der Waals surface area contributed by atoms with Gasteiger partial charge in [0.25, 0.3) is 0 Å². The highest BCUT2D eigenvalue weighted by Crippen LogP contribution is 2.23. The van der Waals surface area contributed by atoms with Crippen molar-refractivity contribution in [3.63, 3.8) is 0 Å². The Morgan fingerprint density at radius 3 is 2.58 bits per heavy atom. The van der Waals surface area contributed by atoms with Gasteiger partial charge < -0.3 is 4.74 Å². The third kappa shape index (κ3) is 1.42. The van der Waals surface area contributed by atoms with Crippen molar-refractivity contribution in [2.45, 2.75) is 20.3 Å². The Kier molecular flexibility index (Phi) is 2.69. The van der Waals surface area contributed by atoms with E-state index in [0.717, 1.165) is 0 Å². The van der Waals surface area contributed by atoms with E-state index < -0.39 is 0 Å². The van der Waals surface area contributed by atoms with Gasteiger partial charge in [-0.2, -0.15) is 0 Å². The minimum Gasteiger partial charge on any atom is -0.496 e. The minimum atomic E-state index is -0.142. The summed E-state index contributed by atoms with van der Waals surface area (Å²) in [4.78, 5) is 0. The number of hydrogen-bond donors (Lipinski definition) is 0. The van der Waals surface area contributed by atoms with Crippen molar-refractivity contribution in [3.8, 4) is 5.75 Å². The first-order chi connectivity index (χ1) is 5.70. The predicted molar refractivity (Wildman–Crippen MR) is 47.1 cm³/mol. The molecule has 0 aliphatic carbocycles. The maximum Gasteiger partial charge on any atom is 0.132 e. The van der Waals surface area contributed by atoms with Crippen LogP contribution in [0.2, 0.25) is 0 Å². The number of ether oxygens (including phenoxy) is 1. The lowest BCUT2D eigenvalue weighted by atomic mass is 10.1. The summed E-state index contributed by atoms with van der Waals surface area (Å²) in [6, 6.07) is 3.53. The average molecular weight is 168 g/mol. The number of rotatable bonds is 2. The highest BCUT2D eigenvalue weighted by Gasteiger charge is 2.08. The van der Waals surface area contributed by atoms with Crippen molar-refractivity contribution in [2.75, 3.05) is 7.11 Å². The second-order valence-electron chi connectivity index (χ2n) is 2.73. The Morgan fingerprint density at radius 2 is 2.08 bits per heavy atom. The molecule has 0 atom stereocenters. The highest BCUT2D eigenvalue weighted by atomic mass is 19.1. The van der Waals surface area contributed by atoms with E-state index in [9.17, 15) is 4.39 Å². The molecule has 0 aliphatic heterocycles. The molecule has 0 saturated heterocycles. The average Bonchev–Trinajstić information content (AvgIpc) is 2.09. The number of benzene rings is 1. The molecule has 66 valence electrons. The van der Waals surface area contributed by atoms with Gasteiger partial charge >= 0.3 is 0 Å². The van der Waals surface area contributed by atoms with E-state index in [1.807, 2.05) is 6.92 Å². The Bertz CT molecular complexity index is 281. The SMILES string of the molecule is CCc1c(OC)ccc(C)c1F. The first-order valence-corrected chi connectivity index (χ1v) is 4.02. The van der Waals surface area contributed by atoms with E-state index in [2.05, 4.69) is 0 Å². The van der Waals surface area contributed by atoms with Crippen molar-refractivity contribution in [1.29, 1.82) is 0 Å². The lowest BCUT2D eigenvalue weighted by Crippen LogP contribution is -1.96. The standard InChI is InChI=1S/C10H13FO/c1-4-8-9(12-3)6-5-7(2)10(8)11/h5-6H,4H2,1-3H3. The lowest BCUT2D eigenvalue weighted by molar-refractivity contribution is 0.404. The summed E-state index contributed by atoms with van der Waals surface area (Å²) in [6.45, 7) is 3.67. The Labute approximate surface area is 72.2 Å². The fraction of sp³-hybridized carbons (Fsp3) is 0.400. The van der Waals surface area contributed by atoms with E-state index in [0.29, 0.717) is 23.3 Å². The predicted octanol–water partition coefficient (Wildman–Crippen LogP) is 2.71. The molecule has 0 bridgehead atoms. The smallest absolute Gasteiger partial charge is 0.132 e. The van der Waals surface area contributed by atoms with Crippen LogP contribution in [0.3, 0.4) is 0 Å². The van der Waals surface area contributed by atoms with Gasteiger partial charge in [0.15, 0.2) is 0 Å². The maximum absolute atomic E-state index is 13.4. The van der Waals surface area contributed by atoms with Crippen LogP contribution in [-0.4, -0.2) is 7.11 Å². The maximum atomic E-state index is 13.4. The monoisotopic (exact) mass is 168 g/mol. The van der Waals surface area contributed by atoms with Gasteiger partial charge in [0.05, 0.1) is 7.11 Å². The number of hydrogen-bond acceptors (Lipinski definition) is 1. The van der Waals surface area contributed by atoms with Crippen LogP contribution >= 0.6 is 0 Å². The van der Waals surface area contributed by atoms with Gasteiger partial charge in [-0.1, -0.05) is 13.0 Å². The molecule has 0 heterocycles. The molecule has 0 N–H and O–H groups in total. The second kappa shape index (κ2) is 3.57. The van der Waals surface area contributed by atoms with E-state index in [1.54, 1.807) is 26.2 Å². The Balaban J connectivity index is 3.25. The zero-order valence-corrected chi connectivity index (χ0v) is 7.65. The molecule has 0 spiro atoms. The van der Waals surface area contributed by atoms with Crippen LogP contribution in [0.5, 0.6) is 5.75 Å². The van der Waals surface area contributed by atoms with E-state index in [-0.39, 0.29) is 5.82 Å². The Hall–Kier alpha value is -1.05. The topological polar surface area (TPSA) is 9.23 Å². The van der Waals surface area contributed by atoms with Gasteiger partial charge in [-0.25, -0.2) is 4.39 Å². The number of methoxy groups -OCH3 is 1. The molecule has 0 radical (unpaired) electrons. The summed E-state index contributed by atoms with van der Waals surface area (Å²) in [5.74, 6) is 0.498. The molecule has 0 amide bonds. The second-order valence-corrected chi connectivity index (χ2v) is 2.73. The fourth-order valence-electron chi connectivity index (χ4n) is 1.24. The molecule has 0 aromatic heterocycles. The molecule has 1 aromatic carbocycles. The van der Waals surface area contributed by atoms with Gasteiger partial charge in [0, 0.05) is 5.56 Å². The summed E-state index contributed by atoms with van der Waals surface area (Å²) in [7, 11) is 1.56. The minimum absolute atomic E-state index is 0.142. The van der Waals surface area contributed by atoms with Crippen LogP contribution in [0.15, 0.2) is 12.1 Å². The summed E-state index contributed by atoms with van der Waals surface area (Å²) < 4.78 is 18.4. The van der Waals surface area contributed by atoms with Crippen LogP contribution in [0.25, 0.3) is 0 Å². The van der Waals surface area contributed by atoms with Crippen molar-refractivity contribution >= 4 is 0 Å². The van der Waals surface area contributed by atoms with Gasteiger partial charge in [0.2, 0.25) is 0 Å². The van der Waals surface area contributed by atoms with Gasteiger partial charge in [-0.05, 0) is 25.0 Å². The molecule has 1 nitrogen and oxygen atoms in total. The van der Waals surface area contributed by atoms with Crippen LogP contribution in [0.1, 0.15) is 18.1 Å². The zero-order valence-electron chi connectivity index (χ0n) is 7.65. The molecular formula is C10H13FO. The molecule has 0 aliphatic rings. The quantitative estimate of drug-likeness (QED) is 0.659. The highest BCUT2D eigenvalue weighted by molar-refractivity contribution is 5.38. The summed E-state index contributed by atoms with van der Waals surface area (Å²) >= 11 is 0. The van der Waals surface area contributed by atoms with E-state index in [4.69, 9.17) is 4.74 Å². The fourth-order valence-corrected chi connectivity index (χ4v) is 1.24. The van der Waals surface area contributed by atoms with E-state index >= 15 is 0 Å². The zero-order chi connectivity index (χ0) is 9.14. The van der Waals surface area contributed by atoms with Crippen LogP contribution in [0, 0.1) is 12.7 Å². The molecular weight excluding hydrogens is 155 g/mol. The molecule has 0 saturated carbocycles. The number of aryl methyl sites for hydroxylation is 1. The summed E-state index contributed by atoms with van der Waals surface area (Å²) in [5, 5.41) is 0. The lowest BCUT2D eigenvalue weighted by Gasteiger charge is -2.08. The van der Waals surface area contributed by atoms with Crippen molar-refractivity contribution in [2.24, 2.45) is 0 Å². The third-order valence-corrected chi connectivity index (χ3v) is 1.97. The first kappa shape index (κ1) is 9.04. The first-order valence-electron chi connectivity index (χ1n) is 4.02. The van der Waals surface area contributed by atoms with Crippen LogP contribution < -0.4 is 4.74 Å².